The second-order valence-electron chi connectivity index (χ2n) is 11.6. The van der Waals surface area contributed by atoms with Gasteiger partial charge >= 0.3 is 6.18 Å². The average Bonchev–Trinajstić information content (AvgIpc) is 3.04. The molecular formula is C25H39F3O2. The summed E-state index contributed by atoms with van der Waals surface area (Å²) >= 11 is 0. The zero-order valence-corrected chi connectivity index (χ0v) is 18.9. The largest absolute Gasteiger partial charge is 0.414 e. The minimum atomic E-state index is -4.54. The van der Waals surface area contributed by atoms with Crippen molar-refractivity contribution >= 4 is 0 Å². The third-order valence-electron chi connectivity index (χ3n) is 10.5. The van der Waals surface area contributed by atoms with Crippen molar-refractivity contribution in [3.8, 4) is 0 Å². The quantitative estimate of drug-likeness (QED) is 0.521. The molecule has 0 heterocycles. The molecular weight excluding hydrogens is 389 g/mol. The lowest BCUT2D eigenvalue weighted by Crippen LogP contribution is -2.53. The van der Waals surface area contributed by atoms with Crippen LogP contribution in [0.2, 0.25) is 0 Å². The van der Waals surface area contributed by atoms with Gasteiger partial charge in [-0.2, -0.15) is 13.2 Å². The van der Waals surface area contributed by atoms with Crippen LogP contribution in [-0.2, 0) is 0 Å². The van der Waals surface area contributed by atoms with E-state index in [1.54, 1.807) is 6.92 Å². The van der Waals surface area contributed by atoms with E-state index in [0.29, 0.717) is 17.8 Å². The van der Waals surface area contributed by atoms with E-state index in [4.69, 9.17) is 0 Å². The number of fused-ring (bicyclic) bond motifs is 5. The molecule has 2 unspecified atom stereocenters. The van der Waals surface area contributed by atoms with Crippen molar-refractivity contribution in [1.29, 1.82) is 0 Å². The Morgan fingerprint density at radius 3 is 2.43 bits per heavy atom. The van der Waals surface area contributed by atoms with E-state index >= 15 is 0 Å². The fourth-order valence-electron chi connectivity index (χ4n) is 8.44. The molecule has 0 aromatic heterocycles. The molecule has 0 aromatic rings. The maximum atomic E-state index is 13.2. The Bertz CT molecular complexity index is 703. The van der Waals surface area contributed by atoms with E-state index < -0.39 is 23.8 Å². The zero-order chi connectivity index (χ0) is 22.1. The van der Waals surface area contributed by atoms with Crippen LogP contribution in [0, 0.1) is 40.4 Å². The van der Waals surface area contributed by atoms with Crippen molar-refractivity contribution in [2.24, 2.45) is 40.4 Å². The third kappa shape index (κ3) is 3.29. The maximum absolute atomic E-state index is 13.2. The summed E-state index contributed by atoms with van der Waals surface area (Å²) in [6, 6.07) is 0. The summed E-state index contributed by atoms with van der Waals surface area (Å²) < 4.78 is 39.7. The molecule has 4 rings (SSSR count). The van der Waals surface area contributed by atoms with Crippen LogP contribution in [0.25, 0.3) is 0 Å². The molecule has 0 radical (unpaired) electrons. The smallest absolute Gasteiger partial charge is 0.390 e. The Morgan fingerprint density at radius 2 is 1.80 bits per heavy atom. The molecule has 0 aromatic carbocycles. The number of rotatable bonds is 3. The van der Waals surface area contributed by atoms with E-state index in [1.807, 2.05) is 0 Å². The average molecular weight is 429 g/mol. The predicted molar refractivity (Wildman–Crippen MR) is 112 cm³/mol. The molecule has 4 aliphatic carbocycles. The van der Waals surface area contributed by atoms with Gasteiger partial charge in [-0.1, -0.05) is 39.3 Å². The molecule has 0 amide bonds. The van der Waals surface area contributed by atoms with Crippen LogP contribution in [-0.4, -0.2) is 28.1 Å². The summed E-state index contributed by atoms with van der Waals surface area (Å²) in [6.45, 7) is 8.27. The van der Waals surface area contributed by atoms with Gasteiger partial charge in [-0.15, -0.1) is 0 Å². The molecule has 0 bridgehead atoms. The first-order valence-electron chi connectivity index (χ1n) is 12.0. The number of aliphatic hydroxyl groups is 2. The molecule has 0 aliphatic heterocycles. The molecule has 2 nitrogen and oxygen atoms in total. The topological polar surface area (TPSA) is 40.5 Å². The minimum absolute atomic E-state index is 0.0743. The lowest BCUT2D eigenvalue weighted by Gasteiger charge is -2.59. The standard InChI is InChI=1S/C25H39F3O2/c1-5-24(30)13-12-22(3)16(14-24)6-7-17-19-9-8-18(15(2)21(29)25(26,27)28)23(19,4)11-10-20(17)22/h6,15,17-21,29-30H,5,7-14H2,1-4H3/t15-,17-,18+,19-,20?,21?,22-,23+,24-/m0/s1. The van der Waals surface area contributed by atoms with Gasteiger partial charge in [0.05, 0.1) is 5.60 Å². The summed E-state index contributed by atoms with van der Waals surface area (Å²) in [5, 5.41) is 20.8. The van der Waals surface area contributed by atoms with Crippen LogP contribution in [0.15, 0.2) is 11.6 Å². The number of hydrogen-bond donors (Lipinski definition) is 2. The summed E-state index contributed by atoms with van der Waals surface area (Å²) in [6.07, 6.45) is 3.83. The lowest BCUT2D eigenvalue weighted by atomic mass is 9.46. The molecule has 30 heavy (non-hydrogen) atoms. The zero-order valence-electron chi connectivity index (χ0n) is 18.9. The van der Waals surface area contributed by atoms with Crippen molar-refractivity contribution in [2.75, 3.05) is 0 Å². The summed E-state index contributed by atoms with van der Waals surface area (Å²) in [4.78, 5) is 0. The van der Waals surface area contributed by atoms with Crippen LogP contribution < -0.4 is 0 Å². The predicted octanol–water partition coefficient (Wildman–Crippen LogP) is 6.27. The molecule has 2 N–H and O–H groups in total. The summed E-state index contributed by atoms with van der Waals surface area (Å²) in [7, 11) is 0. The lowest BCUT2D eigenvalue weighted by molar-refractivity contribution is -0.227. The monoisotopic (exact) mass is 428 g/mol. The third-order valence-corrected chi connectivity index (χ3v) is 10.5. The Hall–Kier alpha value is -0.550. The molecule has 0 saturated heterocycles. The molecule has 4 aliphatic rings. The van der Waals surface area contributed by atoms with Crippen LogP contribution in [0.5, 0.6) is 0 Å². The Morgan fingerprint density at radius 1 is 1.10 bits per heavy atom. The number of alkyl halides is 3. The van der Waals surface area contributed by atoms with Gasteiger partial charge in [-0.3, -0.25) is 0 Å². The van der Waals surface area contributed by atoms with Gasteiger partial charge in [0.1, 0.15) is 0 Å². The van der Waals surface area contributed by atoms with Crippen LogP contribution in [0.4, 0.5) is 13.2 Å². The van der Waals surface area contributed by atoms with Gasteiger partial charge < -0.3 is 10.2 Å². The van der Waals surface area contributed by atoms with Crippen molar-refractivity contribution in [2.45, 2.75) is 103 Å². The second-order valence-corrected chi connectivity index (χ2v) is 11.6. The first-order valence-corrected chi connectivity index (χ1v) is 12.0. The maximum Gasteiger partial charge on any atom is 0.414 e. The van der Waals surface area contributed by atoms with E-state index in [9.17, 15) is 23.4 Å². The van der Waals surface area contributed by atoms with Gasteiger partial charge in [-0.25, -0.2) is 0 Å². The minimum Gasteiger partial charge on any atom is -0.390 e. The van der Waals surface area contributed by atoms with Crippen molar-refractivity contribution in [1.82, 2.24) is 0 Å². The highest BCUT2D eigenvalue weighted by Gasteiger charge is 2.61. The molecule has 3 saturated carbocycles. The van der Waals surface area contributed by atoms with Crippen molar-refractivity contribution in [3.05, 3.63) is 11.6 Å². The Kier molecular flexibility index (Phi) is 5.46. The number of allylic oxidation sites excluding steroid dienone is 1. The van der Waals surface area contributed by atoms with Crippen molar-refractivity contribution < 1.29 is 23.4 Å². The van der Waals surface area contributed by atoms with E-state index in [-0.39, 0.29) is 16.7 Å². The number of halogens is 3. The Balaban J connectivity index is 1.58. The van der Waals surface area contributed by atoms with Gasteiger partial charge in [0.15, 0.2) is 6.10 Å². The van der Waals surface area contributed by atoms with Gasteiger partial charge in [-0.05, 0) is 98.2 Å². The first kappa shape index (κ1) is 22.6. The van der Waals surface area contributed by atoms with E-state index in [0.717, 1.165) is 57.8 Å². The van der Waals surface area contributed by atoms with Gasteiger partial charge in [0, 0.05) is 0 Å². The van der Waals surface area contributed by atoms with Crippen molar-refractivity contribution in [3.63, 3.8) is 0 Å². The van der Waals surface area contributed by atoms with Gasteiger partial charge in [0.25, 0.3) is 0 Å². The van der Waals surface area contributed by atoms with Crippen LogP contribution >= 0.6 is 0 Å². The Labute approximate surface area is 179 Å². The molecule has 9 atom stereocenters. The second kappa shape index (κ2) is 7.23. The highest BCUT2D eigenvalue weighted by atomic mass is 19.4. The van der Waals surface area contributed by atoms with Crippen LogP contribution in [0.3, 0.4) is 0 Å². The van der Waals surface area contributed by atoms with Gasteiger partial charge in [0.2, 0.25) is 0 Å². The summed E-state index contributed by atoms with van der Waals surface area (Å²) in [5.74, 6) is 0.695. The molecule has 3 fully saturated rings. The first-order chi connectivity index (χ1) is 13.9. The number of aliphatic hydroxyl groups excluding tert-OH is 1. The van der Waals surface area contributed by atoms with E-state index in [1.165, 1.54) is 5.57 Å². The fraction of sp³-hybridized carbons (Fsp3) is 0.920. The van der Waals surface area contributed by atoms with Crippen LogP contribution in [0.1, 0.15) is 85.5 Å². The molecule has 0 spiro atoms. The normalized spacial score (nSPS) is 48.2. The highest BCUT2D eigenvalue weighted by Crippen LogP contribution is 2.68. The molecule has 172 valence electrons. The summed E-state index contributed by atoms with van der Waals surface area (Å²) in [5.41, 5.74) is 0.871. The van der Waals surface area contributed by atoms with E-state index in [2.05, 4.69) is 26.8 Å². The highest BCUT2D eigenvalue weighted by molar-refractivity contribution is 5.27. The molecule has 5 heteroatoms. The fourth-order valence-corrected chi connectivity index (χ4v) is 8.44. The number of hydrogen-bond acceptors (Lipinski definition) is 2. The SMILES string of the molecule is CC[C@]1(O)CC[C@@]2(C)C(=CC[C@@H]3C2CC[C@]2(C)[C@@H]([C@H](C)C(O)C(F)(F)F)CC[C@@H]32)C1.